The first kappa shape index (κ1) is 36.9. The summed E-state index contributed by atoms with van der Waals surface area (Å²) < 4.78 is 0. The number of allylic oxidation sites excluding steroid dienone is 4. The summed E-state index contributed by atoms with van der Waals surface area (Å²) in [5, 5.41) is 22.5. The van der Waals surface area contributed by atoms with Gasteiger partial charge in [-0.15, -0.1) is 0 Å². The van der Waals surface area contributed by atoms with Crippen molar-refractivity contribution in [3.05, 3.63) is 24.3 Å². The molecule has 0 aromatic carbocycles. The first-order valence-corrected chi connectivity index (χ1v) is 16.5. The van der Waals surface area contributed by atoms with Gasteiger partial charge in [-0.25, -0.2) is 0 Å². The Morgan fingerprint density at radius 1 is 0.632 bits per heavy atom. The Hall–Kier alpha value is -1.13. The van der Waals surface area contributed by atoms with Crippen LogP contribution in [0.25, 0.3) is 0 Å². The van der Waals surface area contributed by atoms with E-state index in [0.717, 1.165) is 38.5 Å². The molecular formula is C34H65NO3. The monoisotopic (exact) mass is 535 g/mol. The average molecular weight is 536 g/mol. The van der Waals surface area contributed by atoms with Gasteiger partial charge in [0.15, 0.2) is 0 Å². The van der Waals surface area contributed by atoms with Crippen molar-refractivity contribution >= 4 is 5.91 Å². The Balaban J connectivity index is 3.42. The molecule has 1 amide bonds. The molecule has 38 heavy (non-hydrogen) atoms. The molecule has 0 saturated heterocycles. The van der Waals surface area contributed by atoms with E-state index in [0.29, 0.717) is 12.8 Å². The standard InChI is InChI=1S/C34H65NO3/c1-3-5-7-8-9-10-11-12-13-14-15-16-17-18-19-20-21-22-23-24-25-26-28-30-34(38)35-32(31-36)33(37)29-27-6-4-2/h11-12,14-15,32-33,36-37H,3-10,13,16-31H2,1-2H3,(H,35,38)/b12-11-,15-14-. The fraction of sp³-hybridized carbons (Fsp3) is 0.853. The molecule has 0 aliphatic rings. The number of hydrogen-bond acceptors (Lipinski definition) is 3. The Bertz CT molecular complexity index is 546. The van der Waals surface area contributed by atoms with Crippen LogP contribution in [0.4, 0.5) is 0 Å². The van der Waals surface area contributed by atoms with Gasteiger partial charge in [-0.05, 0) is 44.9 Å². The molecule has 0 spiro atoms. The second-order valence-electron chi connectivity index (χ2n) is 11.2. The number of amides is 1. The summed E-state index contributed by atoms with van der Waals surface area (Å²) in [6.07, 6.45) is 37.1. The van der Waals surface area contributed by atoms with E-state index in [-0.39, 0.29) is 12.5 Å². The predicted octanol–water partition coefficient (Wildman–Crippen LogP) is 9.34. The van der Waals surface area contributed by atoms with E-state index in [9.17, 15) is 15.0 Å². The molecule has 4 nitrogen and oxygen atoms in total. The van der Waals surface area contributed by atoms with E-state index in [1.165, 1.54) is 103 Å². The van der Waals surface area contributed by atoms with Crippen LogP contribution in [0.2, 0.25) is 0 Å². The van der Waals surface area contributed by atoms with Crippen molar-refractivity contribution in [2.24, 2.45) is 0 Å². The van der Waals surface area contributed by atoms with Crippen LogP contribution in [-0.4, -0.2) is 34.9 Å². The molecule has 0 aliphatic heterocycles. The van der Waals surface area contributed by atoms with Crippen LogP contribution in [0, 0.1) is 0 Å². The lowest BCUT2D eigenvalue weighted by Crippen LogP contribution is -2.45. The summed E-state index contributed by atoms with van der Waals surface area (Å²) >= 11 is 0. The maximum atomic E-state index is 12.1. The number of aliphatic hydroxyl groups is 2. The minimum atomic E-state index is -0.653. The van der Waals surface area contributed by atoms with Crippen molar-refractivity contribution in [3.8, 4) is 0 Å². The summed E-state index contributed by atoms with van der Waals surface area (Å²) in [7, 11) is 0. The van der Waals surface area contributed by atoms with E-state index in [4.69, 9.17) is 0 Å². The molecule has 4 heteroatoms. The third-order valence-electron chi connectivity index (χ3n) is 7.47. The summed E-state index contributed by atoms with van der Waals surface area (Å²) in [6.45, 7) is 4.19. The minimum absolute atomic E-state index is 0.0468. The largest absolute Gasteiger partial charge is 0.394 e. The highest BCUT2D eigenvalue weighted by Gasteiger charge is 2.19. The second-order valence-corrected chi connectivity index (χ2v) is 11.2. The zero-order valence-corrected chi connectivity index (χ0v) is 25.4. The molecule has 0 heterocycles. The van der Waals surface area contributed by atoms with Crippen molar-refractivity contribution in [3.63, 3.8) is 0 Å². The van der Waals surface area contributed by atoms with E-state index < -0.39 is 12.1 Å². The lowest BCUT2D eigenvalue weighted by molar-refractivity contribution is -0.123. The zero-order chi connectivity index (χ0) is 27.9. The van der Waals surface area contributed by atoms with Gasteiger partial charge in [-0.3, -0.25) is 4.79 Å². The van der Waals surface area contributed by atoms with Gasteiger partial charge < -0.3 is 15.5 Å². The van der Waals surface area contributed by atoms with Gasteiger partial charge in [0.25, 0.3) is 0 Å². The van der Waals surface area contributed by atoms with Gasteiger partial charge >= 0.3 is 0 Å². The number of hydrogen-bond donors (Lipinski definition) is 3. The van der Waals surface area contributed by atoms with Crippen molar-refractivity contribution in [1.29, 1.82) is 0 Å². The Morgan fingerprint density at radius 2 is 1.08 bits per heavy atom. The molecule has 0 aromatic rings. The average Bonchev–Trinajstić information content (AvgIpc) is 2.92. The Morgan fingerprint density at radius 3 is 1.58 bits per heavy atom. The van der Waals surface area contributed by atoms with Crippen LogP contribution in [0.1, 0.15) is 168 Å². The first-order valence-electron chi connectivity index (χ1n) is 16.5. The Kier molecular flexibility index (Phi) is 29.5. The van der Waals surface area contributed by atoms with Gasteiger partial charge in [0, 0.05) is 6.42 Å². The predicted molar refractivity (Wildman–Crippen MR) is 165 cm³/mol. The lowest BCUT2D eigenvalue weighted by Gasteiger charge is -2.22. The first-order chi connectivity index (χ1) is 18.7. The number of rotatable bonds is 29. The topological polar surface area (TPSA) is 69.6 Å². The van der Waals surface area contributed by atoms with Gasteiger partial charge in [0.05, 0.1) is 18.8 Å². The molecule has 224 valence electrons. The number of nitrogens with one attached hydrogen (secondary N) is 1. The van der Waals surface area contributed by atoms with Crippen LogP contribution in [0.3, 0.4) is 0 Å². The number of aliphatic hydroxyl groups excluding tert-OH is 2. The highest BCUT2D eigenvalue weighted by molar-refractivity contribution is 5.76. The molecule has 0 rings (SSSR count). The van der Waals surface area contributed by atoms with Gasteiger partial charge in [0.2, 0.25) is 5.91 Å². The molecule has 0 aliphatic carbocycles. The SMILES string of the molecule is CCCCCCC/C=C\C/C=C\CCCCCCCCCCCCCC(=O)NC(CO)C(O)CCCCC. The van der Waals surface area contributed by atoms with Crippen LogP contribution in [-0.2, 0) is 4.79 Å². The molecule has 2 unspecified atom stereocenters. The molecule has 0 aromatic heterocycles. The lowest BCUT2D eigenvalue weighted by atomic mass is 10.0. The molecule has 2 atom stereocenters. The van der Waals surface area contributed by atoms with Crippen molar-refractivity contribution in [2.75, 3.05) is 6.61 Å². The highest BCUT2D eigenvalue weighted by Crippen LogP contribution is 2.13. The number of carbonyl (C=O) groups is 1. The normalized spacial score (nSPS) is 13.5. The third kappa shape index (κ3) is 26.5. The van der Waals surface area contributed by atoms with E-state index in [2.05, 4.69) is 43.5 Å². The molecule has 0 fully saturated rings. The van der Waals surface area contributed by atoms with Crippen LogP contribution in [0.5, 0.6) is 0 Å². The van der Waals surface area contributed by atoms with Crippen LogP contribution >= 0.6 is 0 Å². The Labute approximate surface area is 237 Å². The molecular weight excluding hydrogens is 470 g/mol. The quantitative estimate of drug-likeness (QED) is 0.0660. The third-order valence-corrected chi connectivity index (χ3v) is 7.47. The van der Waals surface area contributed by atoms with E-state index in [1.807, 2.05) is 0 Å². The smallest absolute Gasteiger partial charge is 0.220 e. The number of carbonyl (C=O) groups excluding carboxylic acids is 1. The van der Waals surface area contributed by atoms with Gasteiger partial charge in [0.1, 0.15) is 0 Å². The maximum Gasteiger partial charge on any atom is 0.220 e. The van der Waals surface area contributed by atoms with Crippen molar-refractivity contribution in [1.82, 2.24) is 5.32 Å². The zero-order valence-electron chi connectivity index (χ0n) is 25.4. The summed E-state index contributed by atoms with van der Waals surface area (Å²) in [5.74, 6) is -0.0468. The molecule has 0 saturated carbocycles. The van der Waals surface area contributed by atoms with Gasteiger partial charge in [-0.2, -0.15) is 0 Å². The van der Waals surface area contributed by atoms with Gasteiger partial charge in [-0.1, -0.05) is 141 Å². The van der Waals surface area contributed by atoms with Crippen molar-refractivity contribution in [2.45, 2.75) is 180 Å². The molecule has 0 bridgehead atoms. The van der Waals surface area contributed by atoms with E-state index in [1.54, 1.807) is 0 Å². The minimum Gasteiger partial charge on any atom is -0.394 e. The second kappa shape index (κ2) is 30.4. The molecule has 0 radical (unpaired) electrons. The fourth-order valence-electron chi connectivity index (χ4n) is 4.86. The maximum absolute atomic E-state index is 12.1. The summed E-state index contributed by atoms with van der Waals surface area (Å²) in [4.78, 5) is 12.1. The van der Waals surface area contributed by atoms with Crippen LogP contribution < -0.4 is 5.32 Å². The number of unbranched alkanes of at least 4 members (excludes halogenated alkanes) is 18. The van der Waals surface area contributed by atoms with Crippen molar-refractivity contribution < 1.29 is 15.0 Å². The highest BCUT2D eigenvalue weighted by atomic mass is 16.3. The summed E-state index contributed by atoms with van der Waals surface area (Å²) in [6, 6.07) is -0.530. The van der Waals surface area contributed by atoms with Crippen LogP contribution in [0.15, 0.2) is 24.3 Å². The fourth-order valence-corrected chi connectivity index (χ4v) is 4.86. The van der Waals surface area contributed by atoms with E-state index >= 15 is 0 Å². The summed E-state index contributed by atoms with van der Waals surface area (Å²) in [5.41, 5.74) is 0. The molecule has 3 N–H and O–H groups in total.